The maximum atomic E-state index is 11.1. The molecule has 1 heterocycles. The third-order valence-electron chi connectivity index (χ3n) is 1.78. The first kappa shape index (κ1) is 9.32. The largest absolute Gasteiger partial charge is 0.441 e. The standard InChI is InChI=1S/C8H15NO3/c1-2-7-11-12-8(10)9-5-3-4-6-9/h2-7H2,1H3. The van der Waals surface area contributed by atoms with E-state index in [1.54, 1.807) is 4.90 Å². The molecular formula is C8H15NO3. The van der Waals surface area contributed by atoms with E-state index in [9.17, 15) is 4.79 Å². The van der Waals surface area contributed by atoms with E-state index in [-0.39, 0.29) is 6.09 Å². The summed E-state index contributed by atoms with van der Waals surface area (Å²) in [7, 11) is 0. The van der Waals surface area contributed by atoms with Gasteiger partial charge in [0.1, 0.15) is 0 Å². The summed E-state index contributed by atoms with van der Waals surface area (Å²) in [4.78, 5) is 22.0. The number of hydrogen-bond donors (Lipinski definition) is 0. The Kier molecular flexibility index (Phi) is 3.87. The van der Waals surface area contributed by atoms with Crippen LogP contribution in [0, 0.1) is 0 Å². The normalized spacial score (nSPS) is 16.6. The van der Waals surface area contributed by atoms with E-state index in [1.807, 2.05) is 6.92 Å². The van der Waals surface area contributed by atoms with Gasteiger partial charge in [-0.2, -0.15) is 4.89 Å². The van der Waals surface area contributed by atoms with E-state index in [0.29, 0.717) is 6.61 Å². The predicted molar refractivity (Wildman–Crippen MR) is 43.5 cm³/mol. The van der Waals surface area contributed by atoms with Gasteiger partial charge >= 0.3 is 6.09 Å². The lowest BCUT2D eigenvalue weighted by Crippen LogP contribution is -2.28. The van der Waals surface area contributed by atoms with Crippen LogP contribution in [0.5, 0.6) is 0 Å². The van der Waals surface area contributed by atoms with Crippen LogP contribution in [-0.4, -0.2) is 30.7 Å². The van der Waals surface area contributed by atoms with Crippen LogP contribution in [0.2, 0.25) is 0 Å². The Hall–Kier alpha value is -0.770. The SMILES string of the molecule is CCCOOC(=O)N1CCCC1. The Labute approximate surface area is 72.4 Å². The lowest BCUT2D eigenvalue weighted by molar-refractivity contribution is -0.244. The number of hydrogen-bond acceptors (Lipinski definition) is 3. The van der Waals surface area contributed by atoms with Gasteiger partial charge < -0.3 is 4.90 Å². The average molecular weight is 173 g/mol. The fourth-order valence-electron chi connectivity index (χ4n) is 1.13. The first-order valence-corrected chi connectivity index (χ1v) is 4.43. The molecule has 0 aliphatic carbocycles. The highest BCUT2D eigenvalue weighted by atomic mass is 17.2. The van der Waals surface area contributed by atoms with Crippen molar-refractivity contribution in [1.29, 1.82) is 0 Å². The van der Waals surface area contributed by atoms with Crippen LogP contribution in [0.25, 0.3) is 0 Å². The summed E-state index contributed by atoms with van der Waals surface area (Å²) in [5.41, 5.74) is 0. The van der Waals surface area contributed by atoms with Crippen LogP contribution >= 0.6 is 0 Å². The minimum Gasteiger partial charge on any atom is -0.306 e. The second-order valence-corrected chi connectivity index (χ2v) is 2.87. The Balaban J connectivity index is 2.10. The van der Waals surface area contributed by atoms with Crippen molar-refractivity contribution < 1.29 is 14.6 Å². The van der Waals surface area contributed by atoms with Gasteiger partial charge in [0.2, 0.25) is 0 Å². The van der Waals surface area contributed by atoms with Crippen molar-refractivity contribution in [1.82, 2.24) is 4.90 Å². The van der Waals surface area contributed by atoms with Crippen molar-refractivity contribution >= 4 is 6.09 Å². The van der Waals surface area contributed by atoms with Gasteiger partial charge in [0, 0.05) is 13.1 Å². The van der Waals surface area contributed by atoms with Crippen molar-refractivity contribution in [2.75, 3.05) is 19.7 Å². The van der Waals surface area contributed by atoms with Gasteiger partial charge in [-0.15, -0.1) is 0 Å². The van der Waals surface area contributed by atoms with E-state index in [4.69, 9.17) is 0 Å². The van der Waals surface area contributed by atoms with Crippen LogP contribution in [0.4, 0.5) is 4.79 Å². The minimum absolute atomic E-state index is 0.346. The van der Waals surface area contributed by atoms with Crippen LogP contribution in [0.1, 0.15) is 26.2 Å². The molecule has 1 amide bonds. The first-order valence-electron chi connectivity index (χ1n) is 4.43. The summed E-state index contributed by atoms with van der Waals surface area (Å²) in [6.45, 7) is 4.03. The zero-order valence-electron chi connectivity index (χ0n) is 7.41. The Morgan fingerprint density at radius 1 is 1.42 bits per heavy atom. The topological polar surface area (TPSA) is 38.8 Å². The third-order valence-corrected chi connectivity index (χ3v) is 1.78. The molecule has 0 unspecified atom stereocenters. The third kappa shape index (κ3) is 2.70. The molecule has 70 valence electrons. The van der Waals surface area contributed by atoms with Gasteiger partial charge in [-0.3, -0.25) is 4.89 Å². The van der Waals surface area contributed by atoms with Crippen LogP contribution < -0.4 is 0 Å². The molecule has 4 heteroatoms. The Bertz CT molecular complexity index is 143. The molecule has 0 atom stereocenters. The molecule has 0 aromatic heterocycles. The molecule has 0 bridgehead atoms. The van der Waals surface area contributed by atoms with Gasteiger partial charge in [0.25, 0.3) is 0 Å². The number of carbonyl (C=O) groups is 1. The van der Waals surface area contributed by atoms with Crippen LogP contribution in [0.15, 0.2) is 0 Å². The zero-order chi connectivity index (χ0) is 8.81. The number of carbonyl (C=O) groups excluding carboxylic acids is 1. The molecule has 1 rings (SSSR count). The highest BCUT2D eigenvalue weighted by Crippen LogP contribution is 2.08. The zero-order valence-corrected chi connectivity index (χ0v) is 7.41. The molecule has 4 nitrogen and oxygen atoms in total. The fraction of sp³-hybridized carbons (Fsp3) is 0.875. The summed E-state index contributed by atoms with van der Waals surface area (Å²) in [5, 5.41) is 0. The Morgan fingerprint density at radius 2 is 2.08 bits per heavy atom. The molecule has 0 saturated carbocycles. The summed E-state index contributed by atoms with van der Waals surface area (Å²) in [5.74, 6) is 0. The molecule has 1 aliphatic heterocycles. The van der Waals surface area contributed by atoms with Crippen molar-refractivity contribution in [3.8, 4) is 0 Å². The van der Waals surface area contributed by atoms with Crippen LogP contribution in [-0.2, 0) is 9.78 Å². The second-order valence-electron chi connectivity index (χ2n) is 2.87. The van der Waals surface area contributed by atoms with E-state index in [1.165, 1.54) is 0 Å². The van der Waals surface area contributed by atoms with E-state index < -0.39 is 0 Å². The molecule has 0 spiro atoms. The fourth-order valence-corrected chi connectivity index (χ4v) is 1.13. The summed E-state index contributed by atoms with van der Waals surface area (Å²) in [6.07, 6.45) is 2.65. The number of amides is 1. The van der Waals surface area contributed by atoms with E-state index >= 15 is 0 Å². The highest BCUT2D eigenvalue weighted by molar-refractivity contribution is 5.67. The first-order chi connectivity index (χ1) is 5.84. The van der Waals surface area contributed by atoms with E-state index in [0.717, 1.165) is 32.4 Å². The summed E-state index contributed by atoms with van der Waals surface area (Å²) in [6, 6.07) is 0. The predicted octanol–water partition coefficient (Wildman–Crippen LogP) is 1.56. The average Bonchev–Trinajstić information content (AvgIpc) is 2.56. The van der Waals surface area contributed by atoms with Crippen molar-refractivity contribution in [3.63, 3.8) is 0 Å². The van der Waals surface area contributed by atoms with Crippen molar-refractivity contribution in [2.24, 2.45) is 0 Å². The molecule has 0 radical (unpaired) electrons. The molecular weight excluding hydrogens is 158 g/mol. The lowest BCUT2D eigenvalue weighted by atomic mass is 10.4. The molecule has 1 fully saturated rings. The molecule has 12 heavy (non-hydrogen) atoms. The molecule has 1 aliphatic rings. The van der Waals surface area contributed by atoms with E-state index in [2.05, 4.69) is 9.78 Å². The maximum absolute atomic E-state index is 11.1. The lowest BCUT2D eigenvalue weighted by Gasteiger charge is -2.12. The monoisotopic (exact) mass is 173 g/mol. The number of rotatable bonds is 3. The Morgan fingerprint density at radius 3 is 2.67 bits per heavy atom. The summed E-state index contributed by atoms with van der Waals surface area (Å²) >= 11 is 0. The minimum atomic E-state index is -0.346. The molecule has 1 saturated heterocycles. The van der Waals surface area contributed by atoms with Gasteiger partial charge in [0.05, 0.1) is 6.61 Å². The van der Waals surface area contributed by atoms with Gasteiger partial charge in [-0.25, -0.2) is 4.79 Å². The second kappa shape index (κ2) is 4.98. The number of likely N-dealkylation sites (tertiary alicyclic amines) is 1. The van der Waals surface area contributed by atoms with Gasteiger partial charge in [-0.05, 0) is 19.3 Å². The maximum Gasteiger partial charge on any atom is 0.441 e. The summed E-state index contributed by atoms with van der Waals surface area (Å²) < 4.78 is 0. The molecule has 0 aromatic carbocycles. The molecule has 0 N–H and O–H groups in total. The van der Waals surface area contributed by atoms with Crippen molar-refractivity contribution in [2.45, 2.75) is 26.2 Å². The molecule has 0 aromatic rings. The van der Waals surface area contributed by atoms with Crippen molar-refractivity contribution in [3.05, 3.63) is 0 Å². The highest BCUT2D eigenvalue weighted by Gasteiger charge is 2.19. The van der Waals surface area contributed by atoms with Crippen LogP contribution in [0.3, 0.4) is 0 Å². The number of nitrogens with zero attached hydrogens (tertiary/aromatic N) is 1. The smallest absolute Gasteiger partial charge is 0.306 e. The van der Waals surface area contributed by atoms with Gasteiger partial charge in [-0.1, -0.05) is 6.92 Å². The van der Waals surface area contributed by atoms with Gasteiger partial charge in [0.15, 0.2) is 0 Å². The quantitative estimate of drug-likeness (QED) is 0.369.